The molecular weight excluding hydrogens is 208 g/mol. The van der Waals surface area contributed by atoms with Crippen molar-refractivity contribution in [3.63, 3.8) is 0 Å². The normalized spacial score (nSPS) is 10.2. The zero-order valence-corrected chi connectivity index (χ0v) is 9.04. The Balaban J connectivity index is 2.04. The van der Waals surface area contributed by atoms with E-state index in [0.717, 1.165) is 17.0 Å². The van der Waals surface area contributed by atoms with Gasteiger partial charge < -0.3 is 10.5 Å². The molecule has 0 aliphatic carbocycles. The second kappa shape index (κ2) is 4.91. The van der Waals surface area contributed by atoms with E-state index < -0.39 is 0 Å². The lowest BCUT2D eigenvalue weighted by molar-refractivity contribution is 0.299. The first-order chi connectivity index (χ1) is 7.40. The number of hydrogen-bond acceptors (Lipinski definition) is 4. The summed E-state index contributed by atoms with van der Waals surface area (Å²) in [6.07, 6.45) is 0. The number of nitrogens with zero attached hydrogens (tertiary/aromatic N) is 1. The summed E-state index contributed by atoms with van der Waals surface area (Å²) in [5.74, 6) is 0.841. The fourth-order valence-corrected chi connectivity index (χ4v) is 1.82. The smallest absolute Gasteiger partial charge is 0.131 e. The molecule has 2 aromatic rings. The average Bonchev–Trinajstić information content (AvgIpc) is 2.79. The highest BCUT2D eigenvalue weighted by atomic mass is 32.1. The molecule has 0 atom stereocenters. The van der Waals surface area contributed by atoms with Gasteiger partial charge in [-0.3, -0.25) is 0 Å². The lowest BCUT2D eigenvalue weighted by Gasteiger charge is -2.08. The topological polar surface area (TPSA) is 48.1 Å². The van der Waals surface area contributed by atoms with Crippen LogP contribution >= 0.6 is 11.3 Å². The largest absolute Gasteiger partial charge is 0.487 e. The zero-order chi connectivity index (χ0) is 10.5. The highest BCUT2D eigenvalue weighted by molar-refractivity contribution is 7.07. The second-order valence-corrected chi connectivity index (χ2v) is 3.80. The predicted molar refractivity (Wildman–Crippen MR) is 60.8 cm³/mol. The second-order valence-electron chi connectivity index (χ2n) is 3.08. The molecule has 0 radical (unpaired) electrons. The van der Waals surface area contributed by atoms with Crippen molar-refractivity contribution in [1.29, 1.82) is 0 Å². The van der Waals surface area contributed by atoms with Gasteiger partial charge in [0.1, 0.15) is 12.4 Å². The number of thiazole rings is 1. The van der Waals surface area contributed by atoms with E-state index in [1.807, 2.05) is 29.6 Å². The fraction of sp³-hybridized carbons (Fsp3) is 0.182. The zero-order valence-electron chi connectivity index (χ0n) is 8.22. The van der Waals surface area contributed by atoms with Gasteiger partial charge in [-0.1, -0.05) is 18.2 Å². The molecule has 2 N–H and O–H groups in total. The summed E-state index contributed by atoms with van der Waals surface area (Å²) in [6, 6.07) is 7.79. The molecule has 2 rings (SSSR count). The van der Waals surface area contributed by atoms with E-state index in [4.69, 9.17) is 10.5 Å². The first kappa shape index (κ1) is 10.1. The lowest BCUT2D eigenvalue weighted by Crippen LogP contribution is -2.02. The van der Waals surface area contributed by atoms with Crippen molar-refractivity contribution in [1.82, 2.24) is 4.98 Å². The highest BCUT2D eigenvalue weighted by Crippen LogP contribution is 2.18. The van der Waals surface area contributed by atoms with Crippen molar-refractivity contribution in [2.45, 2.75) is 13.2 Å². The Morgan fingerprint density at radius 3 is 2.93 bits per heavy atom. The average molecular weight is 220 g/mol. The van der Waals surface area contributed by atoms with Gasteiger partial charge in [0.05, 0.1) is 11.2 Å². The minimum absolute atomic E-state index is 0.493. The number of hydrogen-bond donors (Lipinski definition) is 1. The molecule has 0 saturated heterocycles. The molecule has 3 nitrogen and oxygen atoms in total. The third-order valence-electron chi connectivity index (χ3n) is 2.05. The molecule has 0 aliphatic heterocycles. The summed E-state index contributed by atoms with van der Waals surface area (Å²) in [6.45, 7) is 0.994. The molecule has 0 unspecified atom stereocenters. The lowest BCUT2D eigenvalue weighted by atomic mass is 10.2. The van der Waals surface area contributed by atoms with Gasteiger partial charge in [0.15, 0.2) is 0 Å². The molecule has 1 heterocycles. The number of nitrogens with two attached hydrogens (primary N) is 1. The number of benzene rings is 1. The number of aromatic nitrogens is 1. The van der Waals surface area contributed by atoms with Crippen LogP contribution in [0.15, 0.2) is 35.2 Å². The Hall–Kier alpha value is -1.39. The van der Waals surface area contributed by atoms with Gasteiger partial charge in [0.25, 0.3) is 0 Å². The van der Waals surface area contributed by atoms with Crippen LogP contribution in [0, 0.1) is 0 Å². The number of para-hydroxylation sites is 1. The Morgan fingerprint density at radius 2 is 2.20 bits per heavy atom. The molecule has 0 spiro atoms. The van der Waals surface area contributed by atoms with E-state index in [2.05, 4.69) is 4.98 Å². The van der Waals surface area contributed by atoms with Gasteiger partial charge in [-0.05, 0) is 6.07 Å². The van der Waals surface area contributed by atoms with Gasteiger partial charge in [-0.25, -0.2) is 4.98 Å². The standard InChI is InChI=1S/C11H12N2OS/c12-5-9-3-1-2-4-11(9)14-6-10-7-15-8-13-10/h1-4,7-8H,5-6,12H2. The molecule has 78 valence electrons. The van der Waals surface area contributed by atoms with Crippen LogP contribution in [0.5, 0.6) is 5.75 Å². The van der Waals surface area contributed by atoms with Crippen LogP contribution in [0.3, 0.4) is 0 Å². The van der Waals surface area contributed by atoms with Gasteiger partial charge in [0.2, 0.25) is 0 Å². The number of ether oxygens (including phenoxy) is 1. The van der Waals surface area contributed by atoms with Gasteiger partial charge in [0, 0.05) is 17.5 Å². The molecule has 4 heteroatoms. The monoisotopic (exact) mass is 220 g/mol. The van der Waals surface area contributed by atoms with E-state index in [1.165, 1.54) is 0 Å². The van der Waals surface area contributed by atoms with Crippen molar-refractivity contribution in [3.8, 4) is 5.75 Å². The quantitative estimate of drug-likeness (QED) is 0.859. The minimum Gasteiger partial charge on any atom is -0.487 e. The van der Waals surface area contributed by atoms with Crippen LogP contribution in [-0.2, 0) is 13.2 Å². The number of rotatable bonds is 4. The maximum atomic E-state index is 5.64. The van der Waals surface area contributed by atoms with Crippen LogP contribution < -0.4 is 10.5 Å². The molecule has 1 aromatic heterocycles. The molecule has 0 fully saturated rings. The van der Waals surface area contributed by atoms with Gasteiger partial charge >= 0.3 is 0 Å². The predicted octanol–water partition coefficient (Wildman–Crippen LogP) is 2.18. The van der Waals surface area contributed by atoms with E-state index in [-0.39, 0.29) is 0 Å². The van der Waals surface area contributed by atoms with Crippen molar-refractivity contribution in [2.24, 2.45) is 5.73 Å². The van der Waals surface area contributed by atoms with Crippen LogP contribution in [0.4, 0.5) is 0 Å². The summed E-state index contributed by atoms with van der Waals surface area (Å²) < 4.78 is 5.64. The van der Waals surface area contributed by atoms with Crippen LogP contribution in [0.2, 0.25) is 0 Å². The summed E-state index contributed by atoms with van der Waals surface area (Å²) in [5, 5.41) is 1.98. The first-order valence-electron chi connectivity index (χ1n) is 4.68. The Kier molecular flexibility index (Phi) is 3.32. The molecule has 0 saturated carbocycles. The Labute approximate surface area is 92.5 Å². The van der Waals surface area contributed by atoms with Gasteiger partial charge in [-0.15, -0.1) is 11.3 Å². The maximum absolute atomic E-state index is 5.64. The summed E-state index contributed by atoms with van der Waals surface area (Å²) in [4.78, 5) is 4.15. The van der Waals surface area contributed by atoms with Crippen LogP contribution in [-0.4, -0.2) is 4.98 Å². The Morgan fingerprint density at radius 1 is 1.33 bits per heavy atom. The van der Waals surface area contributed by atoms with Gasteiger partial charge in [-0.2, -0.15) is 0 Å². The summed E-state index contributed by atoms with van der Waals surface area (Å²) in [5.41, 5.74) is 9.38. The third-order valence-corrected chi connectivity index (χ3v) is 2.69. The molecule has 0 bridgehead atoms. The molecule has 0 amide bonds. The van der Waals surface area contributed by atoms with E-state index in [9.17, 15) is 0 Å². The highest BCUT2D eigenvalue weighted by Gasteiger charge is 2.01. The van der Waals surface area contributed by atoms with E-state index >= 15 is 0 Å². The van der Waals surface area contributed by atoms with E-state index in [1.54, 1.807) is 16.8 Å². The van der Waals surface area contributed by atoms with Crippen LogP contribution in [0.1, 0.15) is 11.3 Å². The van der Waals surface area contributed by atoms with Crippen molar-refractivity contribution >= 4 is 11.3 Å². The molecule has 15 heavy (non-hydrogen) atoms. The van der Waals surface area contributed by atoms with Crippen molar-refractivity contribution in [2.75, 3.05) is 0 Å². The summed E-state index contributed by atoms with van der Waals surface area (Å²) in [7, 11) is 0. The first-order valence-corrected chi connectivity index (χ1v) is 5.62. The summed E-state index contributed by atoms with van der Waals surface area (Å²) >= 11 is 1.57. The minimum atomic E-state index is 0.493. The van der Waals surface area contributed by atoms with E-state index in [0.29, 0.717) is 13.2 Å². The third kappa shape index (κ3) is 2.55. The van der Waals surface area contributed by atoms with Crippen molar-refractivity contribution < 1.29 is 4.74 Å². The SMILES string of the molecule is NCc1ccccc1OCc1cscn1. The fourth-order valence-electron chi connectivity index (χ4n) is 1.27. The molecular formula is C11H12N2OS. The molecule has 1 aromatic carbocycles. The Bertz CT molecular complexity index is 414. The molecule has 0 aliphatic rings. The van der Waals surface area contributed by atoms with Crippen LogP contribution in [0.25, 0.3) is 0 Å². The van der Waals surface area contributed by atoms with Crippen molar-refractivity contribution in [3.05, 3.63) is 46.4 Å². The maximum Gasteiger partial charge on any atom is 0.131 e.